The SMILES string of the molecule is CBr.CBr.CBr.CBr.CBr.CBr.CBr.Cc1cc(N(C)C)c(C)c2nsnc12.Cc1cc(N(C)C)c(C)s1.Cc1ccc2c(c1)Cc1cc(C)c(N(C)C)cc1-2.Cc1cnc(C)c(N(C)C)c1.Cc1cnc(C)c(N(C)C)n1.Cc1nc(C)nc(N(C)C)n1.Cc1nc(N(C)C)c(C)s1. The fourth-order valence-electron chi connectivity index (χ4n) is 9.45. The quantitative estimate of drug-likeness (QED) is 0.140. The number of rotatable bonds is 7. The Labute approximate surface area is 670 Å². The molecule has 10 rings (SSSR count). The Hall–Kier alpha value is -3.99. The minimum Gasteiger partial charge on any atom is -0.377 e. The van der Waals surface area contributed by atoms with E-state index in [9.17, 15) is 0 Å². The molecule has 0 unspecified atom stereocenters. The van der Waals surface area contributed by atoms with E-state index in [1.54, 1.807) is 17.5 Å². The highest BCUT2D eigenvalue weighted by Crippen LogP contribution is 2.40. The molecule has 0 N–H and O–H groups in total. The molecular formula is C73H117Br7N16S3. The molecule has 26 heteroatoms. The number of aryl methyl sites for hydroxylation is 14. The second kappa shape index (κ2) is 55.5. The molecule has 0 bridgehead atoms. The molecule has 16 nitrogen and oxygen atoms in total. The number of thiophene rings is 1. The fraction of sp³-hybridized carbons (Fsp3) is 0.493. The van der Waals surface area contributed by atoms with Crippen LogP contribution in [0.2, 0.25) is 0 Å². The molecule has 0 atom stereocenters. The first-order valence-electron chi connectivity index (χ1n) is 31.0. The van der Waals surface area contributed by atoms with Crippen LogP contribution >= 0.6 is 146 Å². The van der Waals surface area contributed by atoms with Crippen LogP contribution in [-0.2, 0) is 6.42 Å². The predicted octanol–water partition coefficient (Wildman–Crippen LogP) is 21.1. The van der Waals surface area contributed by atoms with E-state index in [1.807, 2.05) is 185 Å². The summed E-state index contributed by atoms with van der Waals surface area (Å²) >= 11 is 25.4. The van der Waals surface area contributed by atoms with E-state index in [1.165, 1.54) is 99.2 Å². The lowest BCUT2D eigenvalue weighted by Gasteiger charge is -2.17. The number of aromatic nitrogens is 9. The number of alkyl halides is 7. The van der Waals surface area contributed by atoms with Crippen molar-refractivity contribution in [1.82, 2.24) is 43.6 Å². The highest BCUT2D eigenvalue weighted by atomic mass is 79.9. The van der Waals surface area contributed by atoms with Gasteiger partial charge in [-0.1, -0.05) is 141 Å². The van der Waals surface area contributed by atoms with Crippen LogP contribution in [0, 0.1) is 96.9 Å². The summed E-state index contributed by atoms with van der Waals surface area (Å²) in [6, 6.07) is 18.0. The average Bonchev–Trinajstić information content (AvgIpc) is 1.69. The van der Waals surface area contributed by atoms with Crippen LogP contribution in [0.1, 0.15) is 87.3 Å². The number of hydrogen-bond donors (Lipinski definition) is 0. The van der Waals surface area contributed by atoms with Crippen LogP contribution in [0.5, 0.6) is 0 Å². The van der Waals surface area contributed by atoms with Crippen molar-refractivity contribution < 1.29 is 0 Å². The van der Waals surface area contributed by atoms with Crippen molar-refractivity contribution in [3.05, 3.63) is 148 Å². The largest absolute Gasteiger partial charge is 0.377 e. The van der Waals surface area contributed by atoms with Crippen molar-refractivity contribution in [2.45, 2.75) is 103 Å². The van der Waals surface area contributed by atoms with Gasteiger partial charge in [0.15, 0.2) is 0 Å². The maximum absolute atomic E-state index is 4.35. The zero-order valence-corrected chi connectivity index (χ0v) is 79.6. The van der Waals surface area contributed by atoms with Gasteiger partial charge in [0, 0.05) is 143 Å². The smallest absolute Gasteiger partial charge is 0.228 e. The second-order valence-corrected chi connectivity index (χ2v) is 26.3. The highest BCUT2D eigenvalue weighted by Gasteiger charge is 2.20. The summed E-state index contributed by atoms with van der Waals surface area (Å²) in [6.07, 6.45) is 4.76. The lowest BCUT2D eigenvalue weighted by Crippen LogP contribution is -2.14. The summed E-state index contributed by atoms with van der Waals surface area (Å²) in [4.78, 5) is 48.0. The van der Waals surface area contributed by atoms with Crippen molar-refractivity contribution in [2.75, 3.05) is 174 Å². The Morgan fingerprint density at radius 3 is 1.25 bits per heavy atom. The van der Waals surface area contributed by atoms with Gasteiger partial charge >= 0.3 is 0 Å². The molecule has 0 spiro atoms. The van der Waals surface area contributed by atoms with E-state index >= 15 is 0 Å². The number of anilines is 7. The number of pyridine rings is 1. The molecule has 0 aliphatic heterocycles. The molecule has 0 saturated carbocycles. The maximum Gasteiger partial charge on any atom is 0.228 e. The molecule has 9 aromatic rings. The highest BCUT2D eigenvalue weighted by molar-refractivity contribution is 9.09. The van der Waals surface area contributed by atoms with E-state index in [-0.39, 0.29) is 0 Å². The van der Waals surface area contributed by atoms with E-state index in [4.69, 9.17) is 0 Å². The molecule has 0 fully saturated rings. The Kier molecular flexibility index (Phi) is 56.9. The summed E-state index contributed by atoms with van der Waals surface area (Å²) in [7, 11) is 28.3. The van der Waals surface area contributed by atoms with Gasteiger partial charge in [0.2, 0.25) is 5.95 Å². The lowest BCUT2D eigenvalue weighted by atomic mass is 10.0. The topological polar surface area (TPSA) is 139 Å². The van der Waals surface area contributed by atoms with Crippen molar-refractivity contribution in [1.29, 1.82) is 0 Å². The molecule has 1 aliphatic carbocycles. The molecule has 3 aromatic carbocycles. The van der Waals surface area contributed by atoms with Gasteiger partial charge in [-0.25, -0.2) is 15.0 Å². The first kappa shape index (κ1) is 101. The Bertz CT molecular complexity index is 3520. The number of thiazole rings is 1. The molecule has 6 heterocycles. The van der Waals surface area contributed by atoms with Gasteiger partial charge in [0.1, 0.15) is 34.3 Å². The van der Waals surface area contributed by atoms with Crippen molar-refractivity contribution >= 4 is 197 Å². The Morgan fingerprint density at radius 2 is 0.848 bits per heavy atom. The zero-order chi connectivity index (χ0) is 77.9. The third kappa shape index (κ3) is 35.8. The minimum atomic E-state index is 0.718. The normalized spacial score (nSPS) is 9.47. The van der Waals surface area contributed by atoms with Crippen LogP contribution in [0.3, 0.4) is 0 Å². The van der Waals surface area contributed by atoms with Crippen LogP contribution in [0.4, 0.5) is 40.3 Å². The number of fused-ring (bicyclic) bond motifs is 4. The summed E-state index contributed by atoms with van der Waals surface area (Å²) < 4.78 is 8.62. The average molecular weight is 1870 g/mol. The summed E-state index contributed by atoms with van der Waals surface area (Å²) in [5, 5.41) is 1.14. The van der Waals surface area contributed by atoms with Gasteiger partial charge in [-0.3, -0.25) is 9.97 Å². The van der Waals surface area contributed by atoms with Crippen molar-refractivity contribution in [2.24, 2.45) is 0 Å². The molecule has 0 amide bonds. The summed E-state index contributed by atoms with van der Waals surface area (Å²) in [6.45, 7) is 28.7. The van der Waals surface area contributed by atoms with Crippen LogP contribution in [0.15, 0.2) is 60.9 Å². The molecular weight excluding hydrogens is 1760 g/mol. The number of hydrogen-bond acceptors (Lipinski definition) is 19. The monoisotopic (exact) mass is 1870 g/mol. The second-order valence-electron chi connectivity index (χ2n) is 22.9. The van der Waals surface area contributed by atoms with Gasteiger partial charge in [0.25, 0.3) is 0 Å². The third-order valence-electron chi connectivity index (χ3n) is 13.5. The molecule has 0 radical (unpaired) electrons. The number of nitrogens with zero attached hydrogens (tertiary/aromatic N) is 16. The van der Waals surface area contributed by atoms with Gasteiger partial charge in [0.05, 0.1) is 45.2 Å². The molecule has 6 aromatic heterocycles. The van der Waals surface area contributed by atoms with Gasteiger partial charge in [-0.15, -0.1) is 22.7 Å². The standard InChI is InChI=1S/C17H19N.C10H13N3S.C9H14N2.C8H13N3.C8H13NS.C7H12N4.C7H12N2S.7CH3Br/c1-11-5-6-15-13(7-11)9-14-8-12(2)17(18(3)4)10-16(14)15;1-6-5-8(13(3)4)7(2)10-9(6)11-14-12-10;1-7-5-9(11(3)4)8(2)10-6-7;1-6-5-9-7(2)8(10-6)11(3)4;1-6-5-8(9(3)4)7(2)10-6;1-5-8-6(2)10-7(9-5)11(3)4;1-5-7(9(3)4)8-6(2)10-5;7*1-2/h5-8,10H,9H2,1-4H3;5H,1-4H3;5-6H,1-4H3;5H,1-4H3;5H,1-4H3;1-4H3;1-4H3;7*1H3. The number of halogens is 7. The van der Waals surface area contributed by atoms with E-state index in [0.29, 0.717) is 0 Å². The fourth-order valence-corrected chi connectivity index (χ4v) is 12.0. The maximum atomic E-state index is 4.35. The predicted molar refractivity (Wildman–Crippen MR) is 475 cm³/mol. The van der Waals surface area contributed by atoms with Gasteiger partial charge < -0.3 is 34.3 Å². The van der Waals surface area contributed by atoms with Gasteiger partial charge in [-0.05, 0) is 207 Å². The van der Waals surface area contributed by atoms with Crippen LogP contribution < -0.4 is 34.3 Å². The lowest BCUT2D eigenvalue weighted by molar-refractivity contribution is 0.880. The first-order valence-corrected chi connectivity index (χ1v) is 44.4. The van der Waals surface area contributed by atoms with E-state index < -0.39 is 0 Å². The Balaban J connectivity index is -0.000000520. The molecule has 99 heavy (non-hydrogen) atoms. The molecule has 556 valence electrons. The molecule has 1 aliphatic rings. The first-order chi connectivity index (χ1) is 46.7. The summed E-state index contributed by atoms with van der Waals surface area (Å²) in [5.74, 6) is 17.0. The van der Waals surface area contributed by atoms with E-state index in [2.05, 4.69) is 307 Å². The Morgan fingerprint density at radius 1 is 0.364 bits per heavy atom. The zero-order valence-electron chi connectivity index (χ0n) is 66.0. The van der Waals surface area contributed by atoms with Crippen LogP contribution in [-0.4, -0.2) is 183 Å². The van der Waals surface area contributed by atoms with Crippen molar-refractivity contribution in [3.8, 4) is 11.1 Å². The van der Waals surface area contributed by atoms with Crippen LogP contribution in [0.25, 0.3) is 22.2 Å². The van der Waals surface area contributed by atoms with Crippen molar-refractivity contribution in [3.63, 3.8) is 0 Å². The van der Waals surface area contributed by atoms with E-state index in [0.717, 1.165) is 68.8 Å². The molecule has 0 saturated heterocycles. The minimum absolute atomic E-state index is 0.718. The summed E-state index contributed by atoms with van der Waals surface area (Å²) in [5.41, 5.74) is 22.3. The third-order valence-corrected chi connectivity index (χ3v) is 15.8. The van der Waals surface area contributed by atoms with Gasteiger partial charge in [-0.2, -0.15) is 18.7 Å². The number of benzene rings is 3.